The molecule has 0 spiro atoms. The lowest BCUT2D eigenvalue weighted by Gasteiger charge is -2.20. The van der Waals surface area contributed by atoms with Crippen molar-refractivity contribution in [2.45, 2.75) is 37.1 Å². The van der Waals surface area contributed by atoms with Crippen LogP contribution >= 0.6 is 0 Å². The number of hydrogen-bond donors (Lipinski definition) is 0. The topological polar surface area (TPSA) is 59.5 Å². The first-order valence-electron chi connectivity index (χ1n) is 8.00. The van der Waals surface area contributed by atoms with Crippen LogP contribution in [0.4, 0.5) is 0 Å². The maximum absolute atomic E-state index is 12.9. The summed E-state index contributed by atoms with van der Waals surface area (Å²) >= 11 is 0. The lowest BCUT2D eigenvalue weighted by molar-refractivity contribution is 0.395. The standard InChI is InChI=1S/C18H22N2O3S/c1-13-4-6-15(7-5-13)16-10-14(2)20(12-16)24(21,22)17-8-9-18(23-3)19-11-17/h4-9,11,14,16H,10,12H2,1-3H3. The number of aromatic nitrogens is 1. The van der Waals surface area contributed by atoms with Crippen LogP contribution in [0.15, 0.2) is 47.5 Å². The molecule has 2 atom stereocenters. The molecule has 1 aliphatic rings. The normalized spacial score (nSPS) is 21.8. The van der Waals surface area contributed by atoms with Crippen molar-refractivity contribution >= 4 is 10.0 Å². The number of hydrogen-bond acceptors (Lipinski definition) is 4. The molecule has 0 radical (unpaired) electrons. The van der Waals surface area contributed by atoms with Crippen LogP contribution in [0.5, 0.6) is 5.88 Å². The number of ether oxygens (including phenoxy) is 1. The first-order valence-corrected chi connectivity index (χ1v) is 9.44. The highest BCUT2D eigenvalue weighted by Gasteiger charge is 2.38. The van der Waals surface area contributed by atoms with Crippen molar-refractivity contribution in [1.82, 2.24) is 9.29 Å². The Hall–Kier alpha value is -1.92. The van der Waals surface area contributed by atoms with E-state index in [0.29, 0.717) is 12.4 Å². The Bertz CT molecular complexity index is 801. The second-order valence-corrected chi connectivity index (χ2v) is 8.19. The zero-order valence-corrected chi connectivity index (χ0v) is 15.0. The van der Waals surface area contributed by atoms with Gasteiger partial charge in [-0.1, -0.05) is 29.8 Å². The van der Waals surface area contributed by atoms with Gasteiger partial charge in [0.1, 0.15) is 4.90 Å². The molecule has 3 rings (SSSR count). The summed E-state index contributed by atoms with van der Waals surface area (Å²) in [7, 11) is -2.04. The van der Waals surface area contributed by atoms with E-state index in [4.69, 9.17) is 4.74 Å². The van der Waals surface area contributed by atoms with Crippen molar-refractivity contribution in [1.29, 1.82) is 0 Å². The van der Waals surface area contributed by atoms with Crippen LogP contribution in [0, 0.1) is 6.92 Å². The molecule has 1 aromatic carbocycles. The highest BCUT2D eigenvalue weighted by molar-refractivity contribution is 7.89. The molecule has 0 saturated carbocycles. The molecule has 1 aromatic heterocycles. The molecule has 2 unspecified atom stereocenters. The zero-order chi connectivity index (χ0) is 17.3. The van der Waals surface area contributed by atoms with Crippen molar-refractivity contribution in [2.75, 3.05) is 13.7 Å². The minimum absolute atomic E-state index is 0.0385. The van der Waals surface area contributed by atoms with Gasteiger partial charge in [0, 0.05) is 18.7 Å². The van der Waals surface area contributed by atoms with Gasteiger partial charge in [0.2, 0.25) is 15.9 Å². The van der Waals surface area contributed by atoms with Gasteiger partial charge >= 0.3 is 0 Å². The van der Waals surface area contributed by atoms with E-state index in [9.17, 15) is 8.42 Å². The molecule has 0 aliphatic carbocycles. The summed E-state index contributed by atoms with van der Waals surface area (Å²) in [5, 5.41) is 0. The highest BCUT2D eigenvalue weighted by atomic mass is 32.2. The number of methoxy groups -OCH3 is 1. The van der Waals surface area contributed by atoms with Gasteiger partial charge in [0.15, 0.2) is 0 Å². The van der Waals surface area contributed by atoms with E-state index in [2.05, 4.69) is 36.2 Å². The number of nitrogens with zero attached hydrogens (tertiary/aromatic N) is 2. The Morgan fingerprint density at radius 2 is 1.88 bits per heavy atom. The average Bonchev–Trinajstić information content (AvgIpc) is 2.98. The number of benzene rings is 1. The molecule has 6 heteroatoms. The maximum Gasteiger partial charge on any atom is 0.244 e. The van der Waals surface area contributed by atoms with Gasteiger partial charge in [-0.3, -0.25) is 0 Å². The van der Waals surface area contributed by atoms with Crippen molar-refractivity contribution < 1.29 is 13.2 Å². The number of rotatable bonds is 4. The SMILES string of the molecule is COc1ccc(S(=O)(=O)N2CC(c3ccc(C)cc3)CC2C)cn1. The predicted octanol–water partition coefficient (Wildman–Crippen LogP) is 2.97. The summed E-state index contributed by atoms with van der Waals surface area (Å²) in [5.74, 6) is 0.627. The number of sulfonamides is 1. The second-order valence-electron chi connectivity index (χ2n) is 6.30. The van der Waals surface area contributed by atoms with Gasteiger partial charge in [0.05, 0.1) is 13.3 Å². The van der Waals surface area contributed by atoms with Crippen LogP contribution in [0.2, 0.25) is 0 Å². The summed E-state index contributed by atoms with van der Waals surface area (Å²) in [4.78, 5) is 4.23. The van der Waals surface area contributed by atoms with E-state index in [0.717, 1.165) is 6.42 Å². The van der Waals surface area contributed by atoms with E-state index >= 15 is 0 Å². The summed E-state index contributed by atoms with van der Waals surface area (Å²) in [6, 6.07) is 11.4. The molecule has 2 aromatic rings. The zero-order valence-electron chi connectivity index (χ0n) is 14.1. The van der Waals surface area contributed by atoms with Crippen LogP contribution in [0.25, 0.3) is 0 Å². The lowest BCUT2D eigenvalue weighted by atomic mass is 9.96. The molecule has 1 saturated heterocycles. The van der Waals surface area contributed by atoms with Crippen molar-refractivity contribution in [3.63, 3.8) is 0 Å². The van der Waals surface area contributed by atoms with E-state index < -0.39 is 10.0 Å². The van der Waals surface area contributed by atoms with Gasteiger partial charge in [0.25, 0.3) is 0 Å². The average molecular weight is 346 g/mol. The highest BCUT2D eigenvalue weighted by Crippen LogP contribution is 2.35. The van der Waals surface area contributed by atoms with Gasteiger partial charge in [-0.15, -0.1) is 0 Å². The van der Waals surface area contributed by atoms with E-state index in [-0.39, 0.29) is 16.9 Å². The van der Waals surface area contributed by atoms with Crippen LogP contribution in [-0.2, 0) is 10.0 Å². The molecule has 0 bridgehead atoms. The third-order valence-corrected chi connectivity index (χ3v) is 6.55. The van der Waals surface area contributed by atoms with Crippen LogP contribution in [-0.4, -0.2) is 37.4 Å². The fraction of sp³-hybridized carbons (Fsp3) is 0.389. The van der Waals surface area contributed by atoms with Gasteiger partial charge < -0.3 is 4.74 Å². The molecule has 0 amide bonds. The van der Waals surface area contributed by atoms with Crippen molar-refractivity contribution in [3.05, 3.63) is 53.7 Å². The summed E-state index contributed by atoms with van der Waals surface area (Å²) in [5.41, 5.74) is 2.40. The molecule has 24 heavy (non-hydrogen) atoms. The Labute approximate surface area is 143 Å². The monoisotopic (exact) mass is 346 g/mol. The molecule has 128 valence electrons. The predicted molar refractivity (Wildman–Crippen MR) is 92.7 cm³/mol. The molecular weight excluding hydrogens is 324 g/mol. The summed E-state index contributed by atoms with van der Waals surface area (Å²) in [6.07, 6.45) is 2.19. The fourth-order valence-electron chi connectivity index (χ4n) is 3.19. The molecule has 2 heterocycles. The van der Waals surface area contributed by atoms with Gasteiger partial charge in [-0.2, -0.15) is 4.31 Å². The second kappa shape index (κ2) is 6.53. The van der Waals surface area contributed by atoms with E-state index in [1.165, 1.54) is 24.4 Å². The van der Waals surface area contributed by atoms with Crippen molar-refractivity contribution in [3.8, 4) is 5.88 Å². The van der Waals surface area contributed by atoms with Gasteiger partial charge in [-0.25, -0.2) is 13.4 Å². The van der Waals surface area contributed by atoms with E-state index in [1.54, 1.807) is 16.4 Å². The molecule has 1 aliphatic heterocycles. The Morgan fingerprint density at radius 3 is 2.46 bits per heavy atom. The minimum atomic E-state index is -3.55. The lowest BCUT2D eigenvalue weighted by Crippen LogP contribution is -2.34. The first kappa shape index (κ1) is 16.9. The smallest absolute Gasteiger partial charge is 0.244 e. The van der Waals surface area contributed by atoms with Gasteiger partial charge in [-0.05, 0) is 37.8 Å². The third kappa shape index (κ3) is 3.16. The molecule has 5 nitrogen and oxygen atoms in total. The first-order chi connectivity index (χ1) is 11.4. The maximum atomic E-state index is 12.9. The molecule has 1 fully saturated rings. The summed E-state index contributed by atoms with van der Waals surface area (Å²) in [6.45, 7) is 4.51. The quantitative estimate of drug-likeness (QED) is 0.854. The van der Waals surface area contributed by atoms with Crippen LogP contribution in [0.3, 0.4) is 0 Å². The van der Waals surface area contributed by atoms with Crippen molar-refractivity contribution in [2.24, 2.45) is 0 Å². The molecular formula is C18H22N2O3S. The fourth-order valence-corrected chi connectivity index (χ4v) is 4.82. The van der Waals surface area contributed by atoms with Crippen LogP contribution in [0.1, 0.15) is 30.4 Å². The van der Waals surface area contributed by atoms with E-state index in [1.807, 2.05) is 6.92 Å². The third-order valence-electron chi connectivity index (χ3n) is 4.59. The minimum Gasteiger partial charge on any atom is -0.481 e. The Balaban J connectivity index is 1.84. The van der Waals surface area contributed by atoms with Crippen LogP contribution < -0.4 is 4.74 Å². The molecule has 0 N–H and O–H groups in total. The Kier molecular flexibility index (Phi) is 4.60. The summed E-state index contributed by atoms with van der Waals surface area (Å²) < 4.78 is 32.4. The Morgan fingerprint density at radius 1 is 1.17 bits per heavy atom. The number of pyridine rings is 1. The largest absolute Gasteiger partial charge is 0.481 e. The number of aryl methyl sites for hydroxylation is 1.